The molecule has 0 aromatic heterocycles. The molecule has 3 rings (SSSR count). The van der Waals surface area contributed by atoms with Crippen LogP contribution in [0.1, 0.15) is 12.5 Å². The molecule has 1 N–H and O–H groups in total. The number of phenolic OH excluding ortho intramolecular Hbond substituents is 1. The zero-order chi connectivity index (χ0) is 18.1. The molecule has 1 aliphatic rings. The fourth-order valence-corrected chi connectivity index (χ4v) is 3.11. The second-order valence-electron chi connectivity index (χ2n) is 5.39. The van der Waals surface area contributed by atoms with Crippen molar-refractivity contribution in [2.75, 3.05) is 12.1 Å². The highest BCUT2D eigenvalue weighted by Crippen LogP contribution is 2.36. The van der Waals surface area contributed by atoms with E-state index >= 15 is 0 Å². The number of halogens is 2. The summed E-state index contributed by atoms with van der Waals surface area (Å²) in [6.45, 7) is 1.76. The molecular weight excluding hydrogens is 408 g/mol. The van der Waals surface area contributed by atoms with Gasteiger partial charge in [0, 0.05) is 5.02 Å². The minimum Gasteiger partial charge on any atom is -0.503 e. The molecule has 2 aromatic rings. The van der Waals surface area contributed by atoms with Crippen LogP contribution in [0.4, 0.5) is 5.69 Å². The lowest BCUT2D eigenvalue weighted by Crippen LogP contribution is -2.21. The number of phenols is 1. The molecule has 7 heteroatoms. The van der Waals surface area contributed by atoms with Crippen LogP contribution in [0, 0.1) is 0 Å². The Kier molecular flexibility index (Phi) is 4.83. The van der Waals surface area contributed by atoms with Crippen molar-refractivity contribution in [2.24, 2.45) is 5.10 Å². The van der Waals surface area contributed by atoms with Crippen LogP contribution < -0.4 is 9.75 Å². The monoisotopic (exact) mass is 420 g/mol. The van der Waals surface area contributed by atoms with E-state index in [1.165, 1.54) is 12.1 Å². The third-order valence-corrected chi connectivity index (χ3v) is 4.54. The maximum atomic E-state index is 12.7. The van der Waals surface area contributed by atoms with Crippen molar-refractivity contribution in [1.82, 2.24) is 0 Å². The van der Waals surface area contributed by atoms with Gasteiger partial charge < -0.3 is 9.84 Å². The number of rotatable bonds is 3. The summed E-state index contributed by atoms with van der Waals surface area (Å²) in [5, 5.41) is 16.1. The molecule has 0 saturated heterocycles. The molecular formula is C18H14BrClN2O3. The van der Waals surface area contributed by atoms with E-state index in [0.717, 1.165) is 0 Å². The van der Waals surface area contributed by atoms with Gasteiger partial charge in [-0.1, -0.05) is 17.7 Å². The summed E-state index contributed by atoms with van der Waals surface area (Å²) >= 11 is 9.27. The quantitative estimate of drug-likeness (QED) is 0.735. The first kappa shape index (κ1) is 17.5. The molecule has 0 aliphatic carbocycles. The first-order valence-electron chi connectivity index (χ1n) is 7.34. The second-order valence-corrected chi connectivity index (χ2v) is 6.68. The molecule has 5 nitrogen and oxygen atoms in total. The predicted molar refractivity (Wildman–Crippen MR) is 102 cm³/mol. The summed E-state index contributed by atoms with van der Waals surface area (Å²) in [5.74, 6) is 0.0734. The van der Waals surface area contributed by atoms with Gasteiger partial charge in [0.05, 0.1) is 28.6 Å². The van der Waals surface area contributed by atoms with Gasteiger partial charge in [0.15, 0.2) is 11.5 Å². The zero-order valence-corrected chi connectivity index (χ0v) is 15.8. The van der Waals surface area contributed by atoms with Crippen LogP contribution in [-0.2, 0) is 4.79 Å². The highest BCUT2D eigenvalue weighted by Gasteiger charge is 2.29. The Morgan fingerprint density at radius 1 is 1.32 bits per heavy atom. The molecule has 0 fully saturated rings. The Morgan fingerprint density at radius 2 is 2.08 bits per heavy atom. The highest BCUT2D eigenvalue weighted by atomic mass is 79.9. The van der Waals surface area contributed by atoms with Gasteiger partial charge in [-0.05, 0) is 64.8 Å². The van der Waals surface area contributed by atoms with Crippen LogP contribution in [0.3, 0.4) is 0 Å². The maximum absolute atomic E-state index is 12.7. The summed E-state index contributed by atoms with van der Waals surface area (Å²) in [4.78, 5) is 12.7. The summed E-state index contributed by atoms with van der Waals surface area (Å²) in [6.07, 6.45) is 1.71. The molecule has 2 aromatic carbocycles. The maximum Gasteiger partial charge on any atom is 0.280 e. The van der Waals surface area contributed by atoms with E-state index < -0.39 is 0 Å². The van der Waals surface area contributed by atoms with Gasteiger partial charge in [0.25, 0.3) is 5.91 Å². The molecule has 128 valence electrons. The molecule has 1 amide bonds. The van der Waals surface area contributed by atoms with Crippen molar-refractivity contribution in [3.8, 4) is 11.5 Å². The SMILES string of the molecule is COc1cc(/C=C2/C(=O)N(c3cccc(Cl)c3)N=C2C)cc(Br)c1O. The number of aromatic hydroxyl groups is 1. The molecule has 0 bridgehead atoms. The van der Waals surface area contributed by atoms with Gasteiger partial charge in [0.2, 0.25) is 0 Å². The van der Waals surface area contributed by atoms with Gasteiger partial charge in [-0.15, -0.1) is 0 Å². The van der Waals surface area contributed by atoms with E-state index in [2.05, 4.69) is 21.0 Å². The first-order chi connectivity index (χ1) is 11.9. The molecule has 0 atom stereocenters. The Bertz CT molecular complexity index is 925. The Morgan fingerprint density at radius 3 is 2.76 bits per heavy atom. The number of amides is 1. The molecule has 0 radical (unpaired) electrons. The van der Waals surface area contributed by atoms with Crippen LogP contribution in [0.2, 0.25) is 5.02 Å². The van der Waals surface area contributed by atoms with E-state index in [9.17, 15) is 9.90 Å². The molecule has 0 unspecified atom stereocenters. The van der Waals surface area contributed by atoms with Crippen molar-refractivity contribution in [3.63, 3.8) is 0 Å². The Hall–Kier alpha value is -2.31. The number of carbonyl (C=O) groups excluding carboxylic acids is 1. The molecule has 0 spiro atoms. The third kappa shape index (κ3) is 3.41. The van der Waals surface area contributed by atoms with Crippen LogP contribution in [0.15, 0.2) is 51.5 Å². The number of hydrazone groups is 1. The highest BCUT2D eigenvalue weighted by molar-refractivity contribution is 9.10. The molecule has 1 heterocycles. The van der Waals surface area contributed by atoms with E-state index in [1.807, 2.05) is 0 Å². The van der Waals surface area contributed by atoms with Crippen molar-refractivity contribution in [2.45, 2.75) is 6.92 Å². The van der Waals surface area contributed by atoms with E-state index in [4.69, 9.17) is 16.3 Å². The second kappa shape index (κ2) is 6.90. The number of methoxy groups -OCH3 is 1. The van der Waals surface area contributed by atoms with E-state index in [-0.39, 0.29) is 11.7 Å². The number of hydrogen-bond acceptors (Lipinski definition) is 4. The minimum atomic E-state index is -0.247. The largest absolute Gasteiger partial charge is 0.503 e. The van der Waals surface area contributed by atoms with Crippen molar-refractivity contribution < 1.29 is 14.6 Å². The van der Waals surface area contributed by atoms with E-state index in [0.29, 0.717) is 37.8 Å². The third-order valence-electron chi connectivity index (χ3n) is 3.70. The number of anilines is 1. The molecule has 0 saturated carbocycles. The molecule has 25 heavy (non-hydrogen) atoms. The normalized spacial score (nSPS) is 15.7. The molecule has 1 aliphatic heterocycles. The number of ether oxygens (including phenoxy) is 1. The van der Waals surface area contributed by atoms with Crippen molar-refractivity contribution in [3.05, 3.63) is 57.0 Å². The van der Waals surface area contributed by atoms with Crippen molar-refractivity contribution in [1.29, 1.82) is 0 Å². The number of benzene rings is 2. The van der Waals surface area contributed by atoms with Crippen LogP contribution >= 0.6 is 27.5 Å². The van der Waals surface area contributed by atoms with Crippen LogP contribution in [0.5, 0.6) is 11.5 Å². The lowest BCUT2D eigenvalue weighted by Gasteiger charge is -2.12. The Labute approximate surface area is 158 Å². The number of hydrogen-bond donors (Lipinski definition) is 1. The van der Waals surface area contributed by atoms with Gasteiger partial charge in [-0.2, -0.15) is 10.1 Å². The van der Waals surface area contributed by atoms with Gasteiger partial charge in [-0.25, -0.2) is 0 Å². The van der Waals surface area contributed by atoms with Crippen LogP contribution in [0.25, 0.3) is 6.08 Å². The lowest BCUT2D eigenvalue weighted by atomic mass is 10.1. The van der Waals surface area contributed by atoms with Crippen LogP contribution in [-0.4, -0.2) is 23.8 Å². The minimum absolute atomic E-state index is 0.00772. The first-order valence-corrected chi connectivity index (χ1v) is 8.51. The van der Waals surface area contributed by atoms with Crippen molar-refractivity contribution >= 4 is 50.9 Å². The predicted octanol–water partition coefficient (Wildman–Crippen LogP) is 4.62. The summed E-state index contributed by atoms with van der Waals surface area (Å²) in [6, 6.07) is 10.3. The summed E-state index contributed by atoms with van der Waals surface area (Å²) in [7, 11) is 1.47. The summed E-state index contributed by atoms with van der Waals surface area (Å²) in [5.41, 5.74) is 2.35. The number of carbonyl (C=O) groups is 1. The topological polar surface area (TPSA) is 62.1 Å². The van der Waals surface area contributed by atoms with Gasteiger partial charge >= 0.3 is 0 Å². The fraction of sp³-hybridized carbons (Fsp3) is 0.111. The lowest BCUT2D eigenvalue weighted by molar-refractivity contribution is -0.114. The van der Waals surface area contributed by atoms with E-state index in [1.54, 1.807) is 49.4 Å². The number of nitrogens with zero attached hydrogens (tertiary/aromatic N) is 2. The standard InChI is InChI=1S/C18H14BrClN2O3/c1-10-14(6-11-7-15(19)17(23)16(8-11)25-2)18(24)22(21-10)13-5-3-4-12(20)9-13/h3-9,23H,1-2H3/b14-6+. The average Bonchev–Trinajstić information content (AvgIpc) is 2.86. The average molecular weight is 422 g/mol. The zero-order valence-electron chi connectivity index (χ0n) is 13.5. The smallest absolute Gasteiger partial charge is 0.280 e. The van der Waals surface area contributed by atoms with Gasteiger partial charge in [-0.3, -0.25) is 4.79 Å². The fourth-order valence-electron chi connectivity index (χ4n) is 2.47. The van der Waals surface area contributed by atoms with Gasteiger partial charge in [0.1, 0.15) is 0 Å². The summed E-state index contributed by atoms with van der Waals surface area (Å²) < 4.78 is 5.62. The Balaban J connectivity index is 1.99.